The smallest absolute Gasteiger partial charge is 0.0685 e. The van der Waals surface area contributed by atoms with E-state index in [0.717, 1.165) is 12.5 Å². The molecule has 0 amide bonds. The lowest BCUT2D eigenvalue weighted by atomic mass is 9.57. The van der Waals surface area contributed by atoms with E-state index < -0.39 is 0 Å². The van der Waals surface area contributed by atoms with Gasteiger partial charge in [0.2, 0.25) is 0 Å². The highest BCUT2D eigenvalue weighted by atomic mass is 16.5. The van der Waals surface area contributed by atoms with E-state index in [1.807, 2.05) is 0 Å². The highest BCUT2D eigenvalue weighted by Crippen LogP contribution is 2.52. The molecule has 1 aliphatic heterocycles. The van der Waals surface area contributed by atoms with Crippen molar-refractivity contribution < 1.29 is 4.74 Å². The third-order valence-electron chi connectivity index (χ3n) is 5.29. The number of rotatable bonds is 2. The Morgan fingerprint density at radius 3 is 2.53 bits per heavy atom. The Morgan fingerprint density at radius 1 is 1.12 bits per heavy atom. The summed E-state index contributed by atoms with van der Waals surface area (Å²) in [5.74, 6) is 0.764. The topological polar surface area (TPSA) is 47.3 Å². The van der Waals surface area contributed by atoms with Crippen molar-refractivity contribution in [1.29, 1.82) is 0 Å². The van der Waals surface area contributed by atoms with Crippen LogP contribution in [0.25, 0.3) is 0 Å². The predicted octanol–water partition coefficient (Wildman–Crippen LogP) is 1.66. The maximum Gasteiger partial charge on any atom is 0.0685 e. The van der Waals surface area contributed by atoms with Gasteiger partial charge in [-0.25, -0.2) is 0 Å². The third-order valence-corrected chi connectivity index (χ3v) is 5.29. The summed E-state index contributed by atoms with van der Waals surface area (Å²) in [4.78, 5) is 0. The number of hydrogen-bond donors (Lipinski definition) is 2. The number of nitrogens with two attached hydrogens (primary N) is 1. The average Bonchev–Trinajstić information content (AvgIpc) is 2.75. The van der Waals surface area contributed by atoms with Gasteiger partial charge in [-0.2, -0.15) is 0 Å². The summed E-state index contributed by atoms with van der Waals surface area (Å²) in [5.41, 5.74) is 6.29. The van der Waals surface area contributed by atoms with Gasteiger partial charge >= 0.3 is 0 Å². The van der Waals surface area contributed by atoms with Crippen LogP contribution in [-0.4, -0.2) is 30.8 Å². The van der Waals surface area contributed by atoms with Crippen molar-refractivity contribution in [3.05, 3.63) is 0 Å². The molecule has 3 unspecified atom stereocenters. The summed E-state index contributed by atoms with van der Waals surface area (Å²) in [7, 11) is 0. The van der Waals surface area contributed by atoms with Gasteiger partial charge in [0.25, 0.3) is 0 Å². The molecule has 2 aliphatic carbocycles. The quantitative estimate of drug-likeness (QED) is 0.769. The molecular formula is C14H26N2O. The predicted molar refractivity (Wildman–Crippen MR) is 68.8 cm³/mol. The van der Waals surface area contributed by atoms with E-state index in [9.17, 15) is 0 Å². The molecule has 3 atom stereocenters. The van der Waals surface area contributed by atoms with Crippen LogP contribution in [-0.2, 0) is 4.74 Å². The first kappa shape index (κ1) is 11.9. The van der Waals surface area contributed by atoms with E-state index >= 15 is 0 Å². The lowest BCUT2D eigenvalue weighted by molar-refractivity contribution is -0.116. The van der Waals surface area contributed by atoms with Crippen molar-refractivity contribution in [2.75, 3.05) is 6.61 Å². The van der Waals surface area contributed by atoms with E-state index in [-0.39, 0.29) is 0 Å². The molecule has 3 fully saturated rings. The molecule has 0 aromatic heterocycles. The Morgan fingerprint density at radius 2 is 1.82 bits per heavy atom. The highest BCUT2D eigenvalue weighted by Gasteiger charge is 2.59. The van der Waals surface area contributed by atoms with Gasteiger partial charge in [0.05, 0.1) is 6.10 Å². The van der Waals surface area contributed by atoms with Crippen molar-refractivity contribution >= 4 is 0 Å². The second-order valence-corrected chi connectivity index (χ2v) is 6.82. The van der Waals surface area contributed by atoms with Crippen LogP contribution in [0, 0.1) is 11.3 Å². The summed E-state index contributed by atoms with van der Waals surface area (Å²) in [5, 5.41) is 3.90. The molecule has 0 spiro atoms. The van der Waals surface area contributed by atoms with Crippen LogP contribution in [0.5, 0.6) is 0 Å². The zero-order valence-corrected chi connectivity index (χ0v) is 11.1. The van der Waals surface area contributed by atoms with E-state index in [1.165, 1.54) is 32.1 Å². The Bertz CT molecular complexity index is 284. The third kappa shape index (κ3) is 1.92. The Hall–Kier alpha value is -0.120. The molecule has 0 aromatic carbocycles. The van der Waals surface area contributed by atoms with E-state index in [4.69, 9.17) is 10.5 Å². The summed E-state index contributed by atoms with van der Waals surface area (Å²) in [6, 6.07) is 1.81. The molecule has 3 heteroatoms. The summed E-state index contributed by atoms with van der Waals surface area (Å²) < 4.78 is 5.84. The molecule has 1 saturated heterocycles. The highest BCUT2D eigenvalue weighted by molar-refractivity contribution is 5.12. The summed E-state index contributed by atoms with van der Waals surface area (Å²) >= 11 is 0. The molecule has 3 aliphatic rings. The molecule has 3 nitrogen and oxygen atoms in total. The lowest BCUT2D eigenvalue weighted by Gasteiger charge is -2.56. The van der Waals surface area contributed by atoms with Crippen molar-refractivity contribution in [2.24, 2.45) is 17.1 Å². The molecule has 0 aromatic rings. The largest absolute Gasteiger partial charge is 0.377 e. The molecule has 17 heavy (non-hydrogen) atoms. The standard InChI is InChI=1S/C14H26N2O/c1-14(2)12(11-7-8-17-13(11)14)16-10-5-3-9(15)4-6-10/h9-13,16H,3-8,15H2,1-2H3. The van der Waals surface area contributed by atoms with Crippen LogP contribution < -0.4 is 11.1 Å². The van der Waals surface area contributed by atoms with Crippen molar-refractivity contribution in [2.45, 2.75) is 70.2 Å². The average molecular weight is 238 g/mol. The van der Waals surface area contributed by atoms with Gasteiger partial charge in [-0.1, -0.05) is 13.8 Å². The molecule has 3 rings (SSSR count). The Kier molecular flexibility index (Phi) is 2.96. The molecule has 3 N–H and O–H groups in total. The van der Waals surface area contributed by atoms with Crippen molar-refractivity contribution in [3.8, 4) is 0 Å². The van der Waals surface area contributed by atoms with Crippen molar-refractivity contribution in [3.63, 3.8) is 0 Å². The number of fused-ring (bicyclic) bond motifs is 1. The molecule has 0 bridgehead atoms. The summed E-state index contributed by atoms with van der Waals surface area (Å²) in [6.07, 6.45) is 6.65. The lowest BCUT2D eigenvalue weighted by Crippen LogP contribution is -2.67. The van der Waals surface area contributed by atoms with Gasteiger partial charge in [0, 0.05) is 36.1 Å². The Labute approximate surface area is 104 Å². The number of nitrogens with one attached hydrogen (secondary N) is 1. The normalized spacial score (nSPS) is 48.5. The fraction of sp³-hybridized carbons (Fsp3) is 1.00. The van der Waals surface area contributed by atoms with E-state index in [1.54, 1.807) is 0 Å². The monoisotopic (exact) mass is 238 g/mol. The van der Waals surface area contributed by atoms with Crippen molar-refractivity contribution in [1.82, 2.24) is 5.32 Å². The minimum atomic E-state index is 0.320. The molecule has 0 radical (unpaired) electrons. The van der Waals surface area contributed by atoms with Crippen LogP contribution in [0.3, 0.4) is 0 Å². The molecular weight excluding hydrogens is 212 g/mol. The van der Waals surface area contributed by atoms with Crippen LogP contribution in [0.4, 0.5) is 0 Å². The van der Waals surface area contributed by atoms with Gasteiger partial charge in [0.15, 0.2) is 0 Å². The fourth-order valence-electron chi connectivity index (χ4n) is 4.20. The second-order valence-electron chi connectivity index (χ2n) is 6.82. The van der Waals surface area contributed by atoms with Gasteiger partial charge in [0.1, 0.15) is 0 Å². The van der Waals surface area contributed by atoms with Gasteiger partial charge in [-0.15, -0.1) is 0 Å². The van der Waals surface area contributed by atoms with Crippen LogP contribution in [0.15, 0.2) is 0 Å². The zero-order valence-electron chi connectivity index (χ0n) is 11.1. The van der Waals surface area contributed by atoms with Gasteiger partial charge in [-0.3, -0.25) is 0 Å². The first-order chi connectivity index (χ1) is 8.09. The fourth-order valence-corrected chi connectivity index (χ4v) is 4.20. The van der Waals surface area contributed by atoms with Crippen LogP contribution in [0.1, 0.15) is 46.0 Å². The van der Waals surface area contributed by atoms with Crippen LogP contribution >= 0.6 is 0 Å². The van der Waals surface area contributed by atoms with Gasteiger partial charge < -0.3 is 15.8 Å². The maximum atomic E-state index is 5.97. The molecule has 1 heterocycles. The first-order valence-corrected chi connectivity index (χ1v) is 7.22. The van der Waals surface area contributed by atoms with E-state index in [0.29, 0.717) is 29.6 Å². The minimum absolute atomic E-state index is 0.320. The molecule has 98 valence electrons. The minimum Gasteiger partial charge on any atom is -0.377 e. The zero-order chi connectivity index (χ0) is 12.0. The Balaban J connectivity index is 1.58. The first-order valence-electron chi connectivity index (χ1n) is 7.22. The van der Waals surface area contributed by atoms with Crippen LogP contribution in [0.2, 0.25) is 0 Å². The van der Waals surface area contributed by atoms with E-state index in [2.05, 4.69) is 19.2 Å². The SMILES string of the molecule is CC1(C)C(NC2CCC(N)CC2)C2CCOC21. The summed E-state index contributed by atoms with van der Waals surface area (Å²) in [6.45, 7) is 5.67. The second kappa shape index (κ2) is 4.22. The number of ether oxygens (including phenoxy) is 1. The molecule has 2 saturated carbocycles. The van der Waals surface area contributed by atoms with Gasteiger partial charge in [-0.05, 0) is 32.1 Å². The number of hydrogen-bond acceptors (Lipinski definition) is 3. The maximum absolute atomic E-state index is 5.97.